The van der Waals surface area contributed by atoms with Crippen LogP contribution in [-0.4, -0.2) is 48.4 Å². The smallest absolute Gasteiger partial charge is 0.119 e. The molecule has 186 valence electrons. The third kappa shape index (κ3) is 6.29. The molecule has 0 aromatic heterocycles. The summed E-state index contributed by atoms with van der Waals surface area (Å²) in [5, 5.41) is 20.2. The molecule has 0 fully saturated rings. The Kier molecular flexibility index (Phi) is 8.19. The van der Waals surface area contributed by atoms with E-state index in [9.17, 15) is 10.2 Å². The molecule has 0 saturated heterocycles. The van der Waals surface area contributed by atoms with E-state index in [-0.39, 0.29) is 0 Å². The minimum absolute atomic E-state index is 0.295. The van der Waals surface area contributed by atoms with Gasteiger partial charge in [-0.15, -0.1) is 0 Å². The van der Waals surface area contributed by atoms with Crippen molar-refractivity contribution in [1.82, 2.24) is 4.90 Å². The Bertz CT molecular complexity index is 1110. The van der Waals surface area contributed by atoms with Crippen LogP contribution in [0.1, 0.15) is 48.4 Å². The van der Waals surface area contributed by atoms with Crippen molar-refractivity contribution in [3.63, 3.8) is 0 Å². The average Bonchev–Trinajstić information content (AvgIpc) is 2.87. The number of ether oxygens (including phenoxy) is 1. The number of aromatic hydroxyl groups is 2. The second-order valence-electron chi connectivity index (χ2n) is 9.54. The van der Waals surface area contributed by atoms with Crippen LogP contribution in [0, 0.1) is 0 Å². The molecule has 0 saturated carbocycles. The van der Waals surface area contributed by atoms with Gasteiger partial charge in [-0.25, -0.2) is 0 Å². The first-order valence-corrected chi connectivity index (χ1v) is 12.8. The van der Waals surface area contributed by atoms with E-state index in [4.69, 9.17) is 4.74 Å². The Morgan fingerprint density at radius 3 is 2.37 bits per heavy atom. The molecule has 5 nitrogen and oxygen atoms in total. The van der Waals surface area contributed by atoms with Crippen LogP contribution in [0.4, 0.5) is 5.69 Å². The number of phenolic OH excluding ortho intramolecular Hbond substituents is 2. The third-order valence-corrected chi connectivity index (χ3v) is 7.17. The molecule has 0 amide bonds. The van der Waals surface area contributed by atoms with E-state index in [1.54, 1.807) is 12.1 Å². The molecule has 1 atom stereocenters. The van der Waals surface area contributed by atoms with Gasteiger partial charge in [0.25, 0.3) is 0 Å². The maximum absolute atomic E-state index is 10.3. The zero-order valence-electron chi connectivity index (χ0n) is 21.2. The van der Waals surface area contributed by atoms with Crippen molar-refractivity contribution in [2.45, 2.75) is 45.6 Å². The molecule has 0 heterocycles. The highest BCUT2D eigenvalue weighted by molar-refractivity contribution is 5.59. The van der Waals surface area contributed by atoms with Gasteiger partial charge in [0.15, 0.2) is 0 Å². The van der Waals surface area contributed by atoms with Crippen LogP contribution in [0.5, 0.6) is 17.2 Å². The van der Waals surface area contributed by atoms with Crippen molar-refractivity contribution in [2.75, 3.05) is 38.2 Å². The fourth-order valence-electron chi connectivity index (χ4n) is 4.91. The Balaban J connectivity index is 1.49. The number of hydrogen-bond donors (Lipinski definition) is 2. The molecule has 0 radical (unpaired) electrons. The van der Waals surface area contributed by atoms with Crippen molar-refractivity contribution in [3.8, 4) is 17.2 Å². The Morgan fingerprint density at radius 2 is 1.63 bits per heavy atom. The van der Waals surface area contributed by atoms with Crippen LogP contribution in [0.15, 0.2) is 60.7 Å². The van der Waals surface area contributed by atoms with Gasteiger partial charge < -0.3 is 24.7 Å². The number of aryl methyl sites for hydroxylation is 1. The zero-order chi connectivity index (χ0) is 24.8. The van der Waals surface area contributed by atoms with E-state index in [2.05, 4.69) is 55.0 Å². The third-order valence-electron chi connectivity index (χ3n) is 7.17. The SMILES string of the molecule is CCN(C)CCOc1ccc(CN(CC)c2cc(O)ccc2C2CCc3cc(O)ccc3C2)cc1. The fourth-order valence-corrected chi connectivity index (χ4v) is 4.91. The number of anilines is 1. The molecule has 1 unspecified atom stereocenters. The average molecular weight is 475 g/mol. The lowest BCUT2D eigenvalue weighted by Gasteiger charge is -2.31. The van der Waals surface area contributed by atoms with Crippen LogP contribution in [0.25, 0.3) is 0 Å². The van der Waals surface area contributed by atoms with Crippen molar-refractivity contribution < 1.29 is 14.9 Å². The van der Waals surface area contributed by atoms with Crippen LogP contribution in [0.2, 0.25) is 0 Å². The summed E-state index contributed by atoms with van der Waals surface area (Å²) in [6.07, 6.45) is 2.94. The predicted molar refractivity (Wildman–Crippen MR) is 143 cm³/mol. The summed E-state index contributed by atoms with van der Waals surface area (Å²) >= 11 is 0. The molecule has 1 aliphatic carbocycles. The summed E-state index contributed by atoms with van der Waals surface area (Å²) in [4.78, 5) is 4.57. The Labute approximate surface area is 209 Å². The van der Waals surface area contributed by atoms with Crippen LogP contribution >= 0.6 is 0 Å². The van der Waals surface area contributed by atoms with Gasteiger partial charge in [-0.05, 0) is 98.3 Å². The van der Waals surface area contributed by atoms with Gasteiger partial charge >= 0.3 is 0 Å². The standard InChI is InChI=1S/C30H38N2O3/c1-4-31(3)16-17-35-28-13-6-22(7-14-28)21-32(5-2)30-20-27(34)12-15-29(30)25-9-8-24-19-26(33)11-10-23(24)18-25/h6-7,10-15,19-20,25,33-34H,4-5,8-9,16-18,21H2,1-3H3. The zero-order valence-corrected chi connectivity index (χ0v) is 21.2. The molecule has 5 heteroatoms. The van der Waals surface area contributed by atoms with Crippen molar-refractivity contribution >= 4 is 5.69 Å². The molecule has 35 heavy (non-hydrogen) atoms. The minimum atomic E-state index is 0.295. The second kappa shape index (κ2) is 11.5. The highest BCUT2D eigenvalue weighted by Crippen LogP contribution is 2.40. The minimum Gasteiger partial charge on any atom is -0.508 e. The van der Waals surface area contributed by atoms with E-state index in [1.807, 2.05) is 24.3 Å². The number of rotatable bonds is 10. The van der Waals surface area contributed by atoms with Gasteiger partial charge in [0.2, 0.25) is 0 Å². The van der Waals surface area contributed by atoms with Crippen molar-refractivity contribution in [2.24, 2.45) is 0 Å². The number of likely N-dealkylation sites (N-methyl/N-ethyl adjacent to an activating group) is 1. The first-order valence-electron chi connectivity index (χ1n) is 12.8. The molecule has 2 N–H and O–H groups in total. The first kappa shape index (κ1) is 24.9. The van der Waals surface area contributed by atoms with Gasteiger partial charge in [-0.3, -0.25) is 0 Å². The monoisotopic (exact) mass is 474 g/mol. The maximum Gasteiger partial charge on any atom is 0.119 e. The maximum atomic E-state index is 10.3. The second-order valence-corrected chi connectivity index (χ2v) is 9.54. The number of benzene rings is 3. The van der Waals surface area contributed by atoms with E-state index < -0.39 is 0 Å². The number of phenols is 2. The number of fused-ring (bicyclic) bond motifs is 1. The lowest BCUT2D eigenvalue weighted by atomic mass is 9.79. The van der Waals surface area contributed by atoms with Gasteiger partial charge in [0.1, 0.15) is 23.9 Å². The summed E-state index contributed by atoms with van der Waals surface area (Å²) in [5.41, 5.74) is 6.15. The highest BCUT2D eigenvalue weighted by Gasteiger charge is 2.24. The van der Waals surface area contributed by atoms with Gasteiger partial charge in [-0.2, -0.15) is 0 Å². The van der Waals surface area contributed by atoms with Crippen molar-refractivity contribution in [3.05, 3.63) is 82.9 Å². The highest BCUT2D eigenvalue weighted by atomic mass is 16.5. The van der Waals surface area contributed by atoms with E-state index in [0.717, 1.165) is 56.9 Å². The normalized spacial score (nSPS) is 15.1. The van der Waals surface area contributed by atoms with E-state index in [1.165, 1.54) is 22.3 Å². The van der Waals surface area contributed by atoms with Crippen LogP contribution < -0.4 is 9.64 Å². The van der Waals surface area contributed by atoms with Gasteiger partial charge in [0, 0.05) is 31.4 Å². The molecule has 3 aromatic rings. The van der Waals surface area contributed by atoms with Crippen LogP contribution in [0.3, 0.4) is 0 Å². The summed E-state index contributed by atoms with van der Waals surface area (Å²) in [5.74, 6) is 1.92. The lowest BCUT2D eigenvalue weighted by Crippen LogP contribution is -2.25. The molecule has 0 spiro atoms. The van der Waals surface area contributed by atoms with Crippen LogP contribution in [-0.2, 0) is 19.4 Å². The summed E-state index contributed by atoms with van der Waals surface area (Å²) < 4.78 is 5.90. The molecule has 0 bridgehead atoms. The topological polar surface area (TPSA) is 56.2 Å². The molecule has 4 rings (SSSR count). The van der Waals surface area contributed by atoms with Gasteiger partial charge in [-0.1, -0.05) is 31.2 Å². The molecular weight excluding hydrogens is 436 g/mol. The molecule has 1 aliphatic rings. The molecular formula is C30H38N2O3. The van der Waals surface area contributed by atoms with E-state index >= 15 is 0 Å². The first-order chi connectivity index (χ1) is 17.0. The molecule has 3 aromatic carbocycles. The van der Waals surface area contributed by atoms with Gasteiger partial charge in [0.05, 0.1) is 0 Å². The lowest BCUT2D eigenvalue weighted by molar-refractivity contribution is 0.244. The predicted octanol–water partition coefficient (Wildman–Crippen LogP) is 5.73. The summed E-state index contributed by atoms with van der Waals surface area (Å²) in [6.45, 7) is 8.53. The number of nitrogens with zero attached hydrogens (tertiary/aromatic N) is 2. The van der Waals surface area contributed by atoms with Crippen molar-refractivity contribution in [1.29, 1.82) is 0 Å². The largest absolute Gasteiger partial charge is 0.508 e. The summed E-state index contributed by atoms with van der Waals surface area (Å²) in [7, 11) is 2.10. The number of hydrogen-bond acceptors (Lipinski definition) is 5. The Morgan fingerprint density at radius 1 is 0.886 bits per heavy atom. The fraction of sp³-hybridized carbons (Fsp3) is 0.400. The Hall–Kier alpha value is -3.18. The summed E-state index contributed by atoms with van der Waals surface area (Å²) in [6, 6.07) is 19.9. The van der Waals surface area contributed by atoms with E-state index in [0.29, 0.717) is 24.0 Å². The quantitative estimate of drug-likeness (QED) is 0.393. The molecule has 0 aliphatic heterocycles.